The molecule has 0 bridgehead atoms. The number of rotatable bonds is 5. The summed E-state index contributed by atoms with van der Waals surface area (Å²) in [6.07, 6.45) is 15.9. The first kappa shape index (κ1) is 24.1. The summed E-state index contributed by atoms with van der Waals surface area (Å²) < 4.78 is 10.4. The van der Waals surface area contributed by atoms with Gasteiger partial charge in [-0.15, -0.1) is 0 Å². The van der Waals surface area contributed by atoms with Crippen molar-refractivity contribution in [1.82, 2.24) is 19.1 Å². The zero-order chi connectivity index (χ0) is 25.7. The Kier molecular flexibility index (Phi) is 6.04. The fourth-order valence-electron chi connectivity index (χ4n) is 6.36. The van der Waals surface area contributed by atoms with Crippen LogP contribution < -0.4 is 0 Å². The molecular formula is C31H36N4O2. The Bertz CT molecular complexity index is 1490. The van der Waals surface area contributed by atoms with Crippen LogP contribution in [0.2, 0.25) is 0 Å². The van der Waals surface area contributed by atoms with Gasteiger partial charge in [0, 0.05) is 49.4 Å². The Morgan fingerprint density at radius 3 is 2.57 bits per heavy atom. The molecule has 2 aliphatic rings. The molecule has 6 nitrogen and oxygen atoms in total. The number of hydrogen-bond acceptors (Lipinski definition) is 4. The molecular weight excluding hydrogens is 460 g/mol. The summed E-state index contributed by atoms with van der Waals surface area (Å²) >= 11 is 0. The van der Waals surface area contributed by atoms with Crippen LogP contribution >= 0.6 is 0 Å². The number of ether oxygens (including phenoxy) is 1. The summed E-state index contributed by atoms with van der Waals surface area (Å²) in [5.74, 6) is 0.862. The molecule has 1 aromatic carbocycles. The fourth-order valence-corrected chi connectivity index (χ4v) is 6.36. The normalized spacial score (nSPS) is 19.8. The maximum Gasteiger partial charge on any atom is 0.0960 e. The van der Waals surface area contributed by atoms with E-state index in [1.807, 2.05) is 39.5 Å². The number of nitrogens with zero attached hydrogens (tertiary/aromatic N) is 4. The minimum Gasteiger partial charge on any atom is -0.386 e. The molecule has 6 heteroatoms. The standard InChI is InChI=1S/C31H36N4O2/c1-20-29(34(4)19-33-20)23-16-27-28(32-18-23)25-11-10-24(31(2,3)36)17-26(25)35(27)30(21-8-6-5-7-9-21)22-12-14-37-15-13-22/h5-8,10-11,16-19,21-22,30,36H,9,12-15H2,1-4H3/t21?,30-/m1/s1. The van der Waals surface area contributed by atoms with Crippen molar-refractivity contribution in [3.8, 4) is 11.3 Å². The van der Waals surface area contributed by atoms with Gasteiger partial charge in [0.15, 0.2) is 0 Å². The molecule has 0 saturated carbocycles. The quantitative estimate of drug-likeness (QED) is 0.356. The number of pyridine rings is 1. The van der Waals surface area contributed by atoms with E-state index in [0.717, 1.165) is 76.9 Å². The van der Waals surface area contributed by atoms with E-state index in [0.29, 0.717) is 11.8 Å². The smallest absolute Gasteiger partial charge is 0.0960 e. The first-order chi connectivity index (χ1) is 17.8. The molecule has 37 heavy (non-hydrogen) atoms. The summed E-state index contributed by atoms with van der Waals surface area (Å²) in [7, 11) is 2.04. The van der Waals surface area contributed by atoms with E-state index >= 15 is 0 Å². The van der Waals surface area contributed by atoms with E-state index in [4.69, 9.17) is 9.72 Å². The van der Waals surface area contributed by atoms with Gasteiger partial charge in [-0.3, -0.25) is 4.98 Å². The largest absolute Gasteiger partial charge is 0.386 e. The molecule has 1 aliphatic carbocycles. The highest BCUT2D eigenvalue weighted by molar-refractivity contribution is 6.07. The zero-order valence-electron chi connectivity index (χ0n) is 22.2. The van der Waals surface area contributed by atoms with Crippen molar-refractivity contribution >= 4 is 21.9 Å². The summed E-state index contributed by atoms with van der Waals surface area (Å²) in [6.45, 7) is 7.36. The van der Waals surface area contributed by atoms with Crippen LogP contribution in [-0.2, 0) is 17.4 Å². The lowest BCUT2D eigenvalue weighted by atomic mass is 9.80. The van der Waals surface area contributed by atoms with Crippen LogP contribution in [0.25, 0.3) is 33.2 Å². The van der Waals surface area contributed by atoms with Gasteiger partial charge in [0.1, 0.15) is 0 Å². The van der Waals surface area contributed by atoms with Gasteiger partial charge in [-0.2, -0.15) is 0 Å². The van der Waals surface area contributed by atoms with Crippen LogP contribution in [0.1, 0.15) is 50.4 Å². The Morgan fingerprint density at radius 1 is 1.08 bits per heavy atom. The van der Waals surface area contributed by atoms with Gasteiger partial charge >= 0.3 is 0 Å². The van der Waals surface area contributed by atoms with Crippen LogP contribution in [-0.4, -0.2) is 37.4 Å². The minimum absolute atomic E-state index is 0.256. The third-order valence-electron chi connectivity index (χ3n) is 8.24. The lowest BCUT2D eigenvalue weighted by molar-refractivity contribution is 0.0428. The van der Waals surface area contributed by atoms with Gasteiger partial charge in [-0.05, 0) is 63.6 Å². The van der Waals surface area contributed by atoms with Gasteiger partial charge < -0.3 is 19.0 Å². The molecule has 1 saturated heterocycles. The van der Waals surface area contributed by atoms with E-state index in [1.54, 1.807) is 0 Å². The minimum atomic E-state index is -0.929. The third-order valence-corrected chi connectivity index (χ3v) is 8.24. The molecule has 1 fully saturated rings. The zero-order valence-corrected chi connectivity index (χ0v) is 22.2. The highest BCUT2D eigenvalue weighted by Crippen LogP contribution is 2.44. The molecule has 0 radical (unpaired) electrons. The topological polar surface area (TPSA) is 65.1 Å². The number of aromatic nitrogens is 4. The third kappa shape index (κ3) is 4.22. The molecule has 1 unspecified atom stereocenters. The van der Waals surface area contributed by atoms with E-state index in [-0.39, 0.29) is 6.04 Å². The first-order valence-electron chi connectivity index (χ1n) is 13.4. The molecule has 6 rings (SSSR count). The number of imidazole rings is 1. The predicted molar refractivity (Wildman–Crippen MR) is 148 cm³/mol. The number of fused-ring (bicyclic) bond motifs is 3. The van der Waals surface area contributed by atoms with Crippen molar-refractivity contribution in [3.63, 3.8) is 0 Å². The molecule has 1 aliphatic heterocycles. The van der Waals surface area contributed by atoms with Crippen LogP contribution in [0.5, 0.6) is 0 Å². The van der Waals surface area contributed by atoms with E-state index in [1.165, 1.54) is 0 Å². The van der Waals surface area contributed by atoms with Gasteiger partial charge in [0.25, 0.3) is 0 Å². The van der Waals surface area contributed by atoms with E-state index < -0.39 is 5.60 Å². The maximum absolute atomic E-state index is 10.9. The number of aryl methyl sites for hydroxylation is 2. The average Bonchev–Trinajstić information content (AvgIpc) is 3.40. The van der Waals surface area contributed by atoms with Crippen LogP contribution in [0.4, 0.5) is 0 Å². The number of aliphatic hydroxyl groups is 1. The van der Waals surface area contributed by atoms with Crippen molar-refractivity contribution in [1.29, 1.82) is 0 Å². The Labute approximate surface area is 218 Å². The summed E-state index contributed by atoms with van der Waals surface area (Å²) in [5, 5.41) is 12.0. The second kappa shape index (κ2) is 9.26. The van der Waals surface area contributed by atoms with Crippen molar-refractivity contribution in [2.24, 2.45) is 18.9 Å². The first-order valence-corrected chi connectivity index (χ1v) is 13.4. The summed E-state index contributed by atoms with van der Waals surface area (Å²) in [4.78, 5) is 9.58. The molecule has 2 atom stereocenters. The maximum atomic E-state index is 10.9. The molecule has 192 valence electrons. The molecule has 0 amide bonds. The summed E-state index contributed by atoms with van der Waals surface area (Å²) in [5.41, 5.74) is 6.43. The van der Waals surface area contributed by atoms with Crippen molar-refractivity contribution in [2.45, 2.75) is 51.7 Å². The van der Waals surface area contributed by atoms with E-state index in [2.05, 4.69) is 63.5 Å². The Hall–Kier alpha value is -3.22. The fraction of sp³-hybridized carbons (Fsp3) is 0.419. The Morgan fingerprint density at radius 2 is 1.89 bits per heavy atom. The van der Waals surface area contributed by atoms with Crippen LogP contribution in [0.3, 0.4) is 0 Å². The molecule has 4 heterocycles. The average molecular weight is 497 g/mol. The predicted octanol–water partition coefficient (Wildman–Crippen LogP) is 6.23. The molecule has 0 spiro atoms. The molecule has 4 aromatic rings. The molecule has 3 aromatic heterocycles. The van der Waals surface area contributed by atoms with Crippen LogP contribution in [0.15, 0.2) is 61.1 Å². The van der Waals surface area contributed by atoms with E-state index in [9.17, 15) is 5.11 Å². The van der Waals surface area contributed by atoms with Crippen molar-refractivity contribution < 1.29 is 9.84 Å². The van der Waals surface area contributed by atoms with Gasteiger partial charge in [-0.1, -0.05) is 36.4 Å². The molecule has 1 N–H and O–H groups in total. The van der Waals surface area contributed by atoms with Gasteiger partial charge in [0.05, 0.1) is 39.9 Å². The summed E-state index contributed by atoms with van der Waals surface area (Å²) in [6, 6.07) is 8.92. The van der Waals surface area contributed by atoms with Gasteiger partial charge in [-0.25, -0.2) is 4.98 Å². The lowest BCUT2D eigenvalue weighted by Crippen LogP contribution is -2.31. The SMILES string of the molecule is Cc1ncn(C)c1-c1cnc2c3ccc(C(C)(C)O)cc3n([C@H](C3C=CC=CC3)C3CCOCC3)c2c1. The lowest BCUT2D eigenvalue weighted by Gasteiger charge is -2.37. The van der Waals surface area contributed by atoms with Crippen LogP contribution in [0, 0.1) is 18.8 Å². The second-order valence-corrected chi connectivity index (χ2v) is 11.2. The second-order valence-electron chi connectivity index (χ2n) is 11.2. The van der Waals surface area contributed by atoms with Crippen molar-refractivity contribution in [3.05, 3.63) is 72.4 Å². The highest BCUT2D eigenvalue weighted by Gasteiger charge is 2.34. The highest BCUT2D eigenvalue weighted by atomic mass is 16.5. The van der Waals surface area contributed by atoms with Crippen molar-refractivity contribution in [2.75, 3.05) is 13.2 Å². The number of hydrogen-bond donors (Lipinski definition) is 1. The van der Waals surface area contributed by atoms with Gasteiger partial charge in [0.2, 0.25) is 0 Å². The number of benzene rings is 1. The Balaban J connectivity index is 1.66. The number of allylic oxidation sites excluding steroid dienone is 4. The monoisotopic (exact) mass is 496 g/mol.